The molecule has 3 rings (SSSR count). The van der Waals surface area contributed by atoms with Gasteiger partial charge in [-0.05, 0) is 52.2 Å². The van der Waals surface area contributed by atoms with Crippen molar-refractivity contribution >= 4 is 33.4 Å². The smallest absolute Gasteiger partial charge is 0.411 e. The number of sulfone groups is 1. The van der Waals surface area contributed by atoms with E-state index in [-0.39, 0.29) is 22.9 Å². The predicted octanol–water partition coefficient (Wildman–Crippen LogP) is 2.67. The van der Waals surface area contributed by atoms with Gasteiger partial charge in [0.15, 0.2) is 9.84 Å². The number of carbonyl (C=O) groups is 2. The zero-order chi connectivity index (χ0) is 23.9. The van der Waals surface area contributed by atoms with E-state index in [0.29, 0.717) is 18.6 Å². The van der Waals surface area contributed by atoms with Crippen LogP contribution in [0.1, 0.15) is 40.0 Å². The molecule has 1 heterocycles. The summed E-state index contributed by atoms with van der Waals surface area (Å²) in [6.45, 7) is 4.79. The summed E-state index contributed by atoms with van der Waals surface area (Å²) < 4.78 is 37.2. The molecule has 2 aliphatic rings. The van der Waals surface area contributed by atoms with Crippen molar-refractivity contribution in [1.29, 1.82) is 5.26 Å². The first-order chi connectivity index (χ1) is 14.8. The van der Waals surface area contributed by atoms with E-state index in [2.05, 4.69) is 11.4 Å². The summed E-state index contributed by atoms with van der Waals surface area (Å²) in [6.07, 6.45) is 0.0879. The topological polar surface area (TPSA) is 126 Å². The Morgan fingerprint density at radius 2 is 1.97 bits per heavy atom. The quantitative estimate of drug-likeness (QED) is 0.682. The van der Waals surface area contributed by atoms with Crippen molar-refractivity contribution in [3.05, 3.63) is 23.2 Å². The molecular weight excluding hydrogens is 458 g/mol. The summed E-state index contributed by atoms with van der Waals surface area (Å²) in [5.41, 5.74) is -1.79. The lowest BCUT2D eigenvalue weighted by Crippen LogP contribution is -2.50. The van der Waals surface area contributed by atoms with Crippen molar-refractivity contribution in [1.82, 2.24) is 10.2 Å². The van der Waals surface area contributed by atoms with Crippen molar-refractivity contribution in [2.24, 2.45) is 0 Å². The van der Waals surface area contributed by atoms with E-state index < -0.39 is 44.3 Å². The highest BCUT2D eigenvalue weighted by Gasteiger charge is 2.51. The number of nitrogens with one attached hydrogen (secondary N) is 1. The van der Waals surface area contributed by atoms with Gasteiger partial charge in [-0.2, -0.15) is 5.26 Å². The maximum Gasteiger partial charge on any atom is 0.411 e. The lowest BCUT2D eigenvalue weighted by molar-refractivity contribution is -0.126. The molecule has 174 valence electrons. The maximum atomic E-state index is 13.3. The van der Waals surface area contributed by atoms with Gasteiger partial charge >= 0.3 is 6.09 Å². The van der Waals surface area contributed by atoms with Crippen molar-refractivity contribution < 1.29 is 27.5 Å². The molecule has 1 aromatic carbocycles. The van der Waals surface area contributed by atoms with Gasteiger partial charge in [0.2, 0.25) is 5.91 Å². The highest BCUT2D eigenvalue weighted by molar-refractivity contribution is 7.92. The first-order valence-electron chi connectivity index (χ1n) is 10.1. The molecule has 1 aliphatic carbocycles. The summed E-state index contributed by atoms with van der Waals surface area (Å²) in [5, 5.41) is 10.9. The number of hydrogen-bond donors (Lipinski definition) is 1. The molecule has 1 N–H and O–H groups in total. The zero-order valence-corrected chi connectivity index (χ0v) is 19.9. The van der Waals surface area contributed by atoms with Crippen LogP contribution in [0.25, 0.3) is 0 Å². The standard InChI is InChI=1S/C21H26ClN3O6S/c1-20(2,3)31-19(27)25-11-14(10-16(25)18(26)24-21(12-23)7-8-21)32(28,29)17-6-5-13(30-4)9-15(17)22/h5-6,9,14,16H,7-8,10-11H2,1-4H3,(H,24,26). The minimum atomic E-state index is -3.99. The van der Waals surface area contributed by atoms with Gasteiger partial charge in [-0.3, -0.25) is 9.69 Å². The van der Waals surface area contributed by atoms with Crippen LogP contribution in [0.3, 0.4) is 0 Å². The first kappa shape index (κ1) is 24.1. The molecule has 1 aromatic rings. The number of nitrogens with zero attached hydrogens (tertiary/aromatic N) is 2. The fourth-order valence-corrected chi connectivity index (χ4v) is 5.75. The molecule has 32 heavy (non-hydrogen) atoms. The number of nitriles is 1. The number of halogens is 1. The van der Waals surface area contributed by atoms with Crippen LogP contribution in [-0.2, 0) is 19.4 Å². The Morgan fingerprint density at radius 1 is 1.31 bits per heavy atom. The third kappa shape index (κ3) is 4.94. The molecule has 1 saturated carbocycles. The first-order valence-corrected chi connectivity index (χ1v) is 12.0. The summed E-state index contributed by atoms with van der Waals surface area (Å²) in [5.74, 6) is -0.173. The van der Waals surface area contributed by atoms with Crippen LogP contribution < -0.4 is 10.1 Å². The minimum absolute atomic E-state index is 0.0116. The number of ether oxygens (including phenoxy) is 2. The SMILES string of the molecule is COc1ccc(S(=O)(=O)C2CC(C(=O)NC3(C#N)CC3)N(C(=O)OC(C)(C)C)C2)c(Cl)c1. The van der Waals surface area contributed by atoms with Crippen LogP contribution in [0.5, 0.6) is 5.75 Å². The van der Waals surface area contributed by atoms with Crippen molar-refractivity contribution in [2.75, 3.05) is 13.7 Å². The second kappa shape index (κ2) is 8.45. The van der Waals surface area contributed by atoms with Crippen LogP contribution in [0.15, 0.2) is 23.1 Å². The second-order valence-corrected chi connectivity index (χ2v) is 11.6. The normalized spacial score (nSPS) is 22.1. The summed E-state index contributed by atoms with van der Waals surface area (Å²) >= 11 is 6.19. The average molecular weight is 484 g/mol. The summed E-state index contributed by atoms with van der Waals surface area (Å²) in [4.78, 5) is 26.8. The van der Waals surface area contributed by atoms with E-state index in [4.69, 9.17) is 21.1 Å². The molecular formula is C21H26ClN3O6S. The van der Waals surface area contributed by atoms with Crippen molar-refractivity contribution in [3.63, 3.8) is 0 Å². The number of benzene rings is 1. The molecule has 11 heteroatoms. The lowest BCUT2D eigenvalue weighted by atomic mass is 10.2. The summed E-state index contributed by atoms with van der Waals surface area (Å²) in [7, 11) is -2.55. The van der Waals surface area contributed by atoms with E-state index in [1.54, 1.807) is 20.8 Å². The van der Waals surface area contributed by atoms with Gasteiger partial charge < -0.3 is 14.8 Å². The molecule has 2 fully saturated rings. The van der Waals surface area contributed by atoms with E-state index in [9.17, 15) is 23.3 Å². The van der Waals surface area contributed by atoms with Gasteiger partial charge in [-0.15, -0.1) is 0 Å². The molecule has 0 bridgehead atoms. The van der Waals surface area contributed by atoms with Crippen molar-refractivity contribution in [2.45, 2.75) is 67.4 Å². The van der Waals surface area contributed by atoms with Crippen LogP contribution in [-0.4, -0.2) is 61.4 Å². The number of methoxy groups -OCH3 is 1. The Kier molecular flexibility index (Phi) is 6.37. The number of hydrogen-bond acceptors (Lipinski definition) is 7. The van der Waals surface area contributed by atoms with Crippen LogP contribution in [0.4, 0.5) is 4.79 Å². The molecule has 2 amide bonds. The molecule has 1 saturated heterocycles. The fourth-order valence-electron chi connectivity index (χ4n) is 3.52. The predicted molar refractivity (Wildman–Crippen MR) is 116 cm³/mol. The monoisotopic (exact) mass is 483 g/mol. The molecule has 2 unspecified atom stereocenters. The number of rotatable bonds is 5. The third-order valence-corrected chi connectivity index (χ3v) is 8.02. The van der Waals surface area contributed by atoms with Crippen LogP contribution in [0, 0.1) is 11.3 Å². The maximum absolute atomic E-state index is 13.3. The second-order valence-electron chi connectivity index (χ2n) is 9.03. The largest absolute Gasteiger partial charge is 0.497 e. The lowest BCUT2D eigenvalue weighted by Gasteiger charge is -2.28. The Balaban J connectivity index is 1.90. The van der Waals surface area contributed by atoms with E-state index in [1.807, 2.05) is 0 Å². The van der Waals surface area contributed by atoms with Gasteiger partial charge in [0.1, 0.15) is 22.9 Å². The number of carbonyl (C=O) groups excluding carboxylic acids is 2. The molecule has 9 nitrogen and oxygen atoms in total. The van der Waals surface area contributed by atoms with Crippen molar-refractivity contribution in [3.8, 4) is 11.8 Å². The van der Waals surface area contributed by atoms with Crippen LogP contribution in [0.2, 0.25) is 5.02 Å². The van der Waals surface area contributed by atoms with Crippen LogP contribution >= 0.6 is 11.6 Å². The highest BCUT2D eigenvalue weighted by atomic mass is 35.5. The Bertz CT molecular complexity index is 1070. The number of likely N-dealkylation sites (tertiary alicyclic amines) is 1. The molecule has 0 radical (unpaired) electrons. The number of amides is 2. The molecule has 0 aromatic heterocycles. The van der Waals surface area contributed by atoms with E-state index in [1.165, 1.54) is 25.3 Å². The Hall–Kier alpha value is -2.51. The zero-order valence-electron chi connectivity index (χ0n) is 18.3. The minimum Gasteiger partial charge on any atom is -0.497 e. The van der Waals surface area contributed by atoms with Gasteiger partial charge in [-0.25, -0.2) is 13.2 Å². The van der Waals surface area contributed by atoms with Gasteiger partial charge in [-0.1, -0.05) is 11.6 Å². The average Bonchev–Trinajstić information content (AvgIpc) is 3.31. The molecule has 0 spiro atoms. The van der Waals surface area contributed by atoms with Gasteiger partial charge in [0.05, 0.1) is 28.3 Å². The van der Waals surface area contributed by atoms with Gasteiger partial charge in [0, 0.05) is 12.6 Å². The van der Waals surface area contributed by atoms with Gasteiger partial charge in [0.25, 0.3) is 0 Å². The Morgan fingerprint density at radius 3 is 2.47 bits per heavy atom. The Labute approximate surface area is 192 Å². The fraction of sp³-hybridized carbons (Fsp3) is 0.571. The molecule has 1 aliphatic heterocycles. The molecule has 2 atom stereocenters. The van der Waals surface area contributed by atoms with E-state index in [0.717, 1.165) is 4.90 Å². The van der Waals surface area contributed by atoms with E-state index >= 15 is 0 Å². The summed E-state index contributed by atoms with van der Waals surface area (Å²) in [6, 6.07) is 5.19. The third-order valence-electron chi connectivity index (χ3n) is 5.40. The highest BCUT2D eigenvalue weighted by Crippen LogP contribution is 2.37.